The Morgan fingerprint density at radius 3 is 2.92 bits per heavy atom. The first-order chi connectivity index (χ1) is 11.6. The van der Waals surface area contributed by atoms with E-state index in [1.165, 1.54) is 18.7 Å². The number of hydrogen-bond donors (Lipinski definition) is 3. The van der Waals surface area contributed by atoms with Crippen LogP contribution in [0.4, 0.5) is 11.4 Å². The molecule has 0 spiro atoms. The van der Waals surface area contributed by atoms with Crippen LogP contribution in [0.15, 0.2) is 47.4 Å². The number of benzene rings is 1. The van der Waals surface area contributed by atoms with E-state index < -0.39 is 0 Å². The summed E-state index contributed by atoms with van der Waals surface area (Å²) in [6, 6.07) is 8.43. The molecule has 3 rings (SSSR count). The van der Waals surface area contributed by atoms with E-state index in [1.807, 2.05) is 6.07 Å². The van der Waals surface area contributed by atoms with Gasteiger partial charge in [-0.25, -0.2) is 4.98 Å². The van der Waals surface area contributed by atoms with Crippen molar-refractivity contribution in [2.45, 2.75) is 0 Å². The van der Waals surface area contributed by atoms with Gasteiger partial charge in [-0.2, -0.15) is 5.26 Å². The molecule has 0 bridgehead atoms. The zero-order valence-electron chi connectivity index (χ0n) is 12.2. The van der Waals surface area contributed by atoms with Gasteiger partial charge in [-0.3, -0.25) is 10.2 Å². The molecule has 0 fully saturated rings. The summed E-state index contributed by atoms with van der Waals surface area (Å²) in [6.45, 7) is 0. The lowest BCUT2D eigenvalue weighted by Crippen LogP contribution is -2.12. The third-order valence-electron chi connectivity index (χ3n) is 3.22. The Morgan fingerprint density at radius 2 is 2.25 bits per heavy atom. The molecule has 8 heteroatoms. The minimum Gasteiger partial charge on any atom is -0.472 e. The zero-order valence-corrected chi connectivity index (χ0v) is 13.1. The van der Waals surface area contributed by atoms with Crippen molar-refractivity contribution < 1.29 is 9.21 Å². The first kappa shape index (κ1) is 15.5. The van der Waals surface area contributed by atoms with Crippen LogP contribution in [0.5, 0.6) is 0 Å². The minimum atomic E-state index is -0.375. The predicted molar refractivity (Wildman–Crippen MR) is 90.3 cm³/mol. The maximum atomic E-state index is 12.2. The fraction of sp³-hybridized carbons (Fsp3) is 0. The van der Waals surface area contributed by atoms with Gasteiger partial charge in [0.1, 0.15) is 10.9 Å². The summed E-state index contributed by atoms with van der Waals surface area (Å²) < 4.78 is 4.98. The second-order valence-electron chi connectivity index (χ2n) is 4.78. The Morgan fingerprint density at radius 1 is 1.42 bits per heavy atom. The summed E-state index contributed by atoms with van der Waals surface area (Å²) in [5.74, 6) is -0.375. The van der Waals surface area contributed by atoms with Gasteiger partial charge in [-0.1, -0.05) is 11.3 Å². The molecule has 0 unspecified atom stereocenters. The van der Waals surface area contributed by atoms with Crippen LogP contribution in [0.1, 0.15) is 25.8 Å². The topological polar surface area (TPSA) is 129 Å². The summed E-state index contributed by atoms with van der Waals surface area (Å²) in [6.07, 6.45) is 4.28. The largest absolute Gasteiger partial charge is 0.472 e. The summed E-state index contributed by atoms with van der Waals surface area (Å²) in [5, 5.41) is 19.9. The summed E-state index contributed by atoms with van der Waals surface area (Å²) >= 11 is 1.01. The molecule has 0 saturated carbocycles. The second-order valence-corrected chi connectivity index (χ2v) is 5.82. The van der Waals surface area contributed by atoms with Crippen molar-refractivity contribution in [3.63, 3.8) is 0 Å². The number of nitrogen functional groups attached to an aromatic ring is 1. The number of aromatic nitrogens is 1. The molecule has 4 N–H and O–H groups in total. The number of rotatable bonds is 4. The van der Waals surface area contributed by atoms with Crippen LogP contribution >= 0.6 is 11.3 Å². The number of carbonyl (C=O) groups excluding carboxylic acids is 1. The summed E-state index contributed by atoms with van der Waals surface area (Å²) in [4.78, 5) is 16.3. The third-order valence-corrected chi connectivity index (χ3v) is 4.12. The van der Waals surface area contributed by atoms with E-state index in [-0.39, 0.29) is 16.6 Å². The van der Waals surface area contributed by atoms with E-state index in [9.17, 15) is 4.79 Å². The molecule has 0 aliphatic carbocycles. The van der Waals surface area contributed by atoms with Gasteiger partial charge in [-0.05, 0) is 24.3 Å². The number of carbonyl (C=O) groups is 1. The first-order valence-electron chi connectivity index (χ1n) is 6.77. The van der Waals surface area contributed by atoms with Gasteiger partial charge in [0.15, 0.2) is 5.01 Å². The normalized spacial score (nSPS) is 10.1. The number of amides is 1. The number of thiazole rings is 1. The first-order valence-corrected chi connectivity index (χ1v) is 7.58. The summed E-state index contributed by atoms with van der Waals surface area (Å²) in [7, 11) is 0. The second kappa shape index (κ2) is 6.36. The van der Waals surface area contributed by atoms with Crippen LogP contribution in [0, 0.1) is 16.7 Å². The molecule has 2 heterocycles. The standard InChI is InChI=1S/C16H11N5O2S/c17-6-14-20-7-13(24-14)16(22)21-10-1-2-12(18)11(5-10)15(19)9-3-4-23-8-9/h1-5,7-8,19H,18H2,(H,21,22). The molecule has 7 nitrogen and oxygen atoms in total. The van der Waals surface area contributed by atoms with E-state index in [1.54, 1.807) is 24.3 Å². The van der Waals surface area contributed by atoms with E-state index >= 15 is 0 Å². The monoisotopic (exact) mass is 337 g/mol. The lowest BCUT2D eigenvalue weighted by atomic mass is 10.0. The molecule has 0 aliphatic heterocycles. The van der Waals surface area contributed by atoms with Crippen LogP contribution in [-0.2, 0) is 0 Å². The van der Waals surface area contributed by atoms with Crippen molar-refractivity contribution in [3.8, 4) is 6.07 Å². The fourth-order valence-electron chi connectivity index (χ4n) is 2.04. The third kappa shape index (κ3) is 3.02. The predicted octanol–water partition coefficient (Wildman–Crippen LogP) is 2.86. The van der Waals surface area contributed by atoms with Crippen LogP contribution in [0.3, 0.4) is 0 Å². The highest BCUT2D eigenvalue weighted by Gasteiger charge is 2.14. The highest BCUT2D eigenvalue weighted by Crippen LogP contribution is 2.22. The molecule has 118 valence electrons. The smallest absolute Gasteiger partial charge is 0.267 e. The maximum absolute atomic E-state index is 12.2. The Balaban J connectivity index is 1.85. The molecule has 2 aromatic heterocycles. The van der Waals surface area contributed by atoms with Gasteiger partial charge in [0.25, 0.3) is 5.91 Å². The van der Waals surface area contributed by atoms with Gasteiger partial charge in [0.05, 0.1) is 24.4 Å². The van der Waals surface area contributed by atoms with Crippen molar-refractivity contribution >= 4 is 34.3 Å². The van der Waals surface area contributed by atoms with Gasteiger partial charge >= 0.3 is 0 Å². The van der Waals surface area contributed by atoms with Crippen molar-refractivity contribution in [2.24, 2.45) is 0 Å². The maximum Gasteiger partial charge on any atom is 0.267 e. The SMILES string of the molecule is N#Cc1ncc(C(=O)Nc2ccc(N)c(C(=N)c3ccoc3)c2)s1. The number of nitriles is 1. The highest BCUT2D eigenvalue weighted by molar-refractivity contribution is 7.14. The molecule has 0 atom stereocenters. The number of furan rings is 1. The van der Waals surface area contributed by atoms with Crippen LogP contribution < -0.4 is 11.1 Å². The molecular weight excluding hydrogens is 326 g/mol. The van der Waals surface area contributed by atoms with E-state index in [0.717, 1.165) is 11.3 Å². The van der Waals surface area contributed by atoms with Crippen LogP contribution in [-0.4, -0.2) is 16.6 Å². The van der Waals surface area contributed by atoms with Gasteiger partial charge in [0.2, 0.25) is 0 Å². The highest BCUT2D eigenvalue weighted by atomic mass is 32.1. The average molecular weight is 337 g/mol. The van der Waals surface area contributed by atoms with Crippen molar-refractivity contribution in [3.05, 3.63) is 64.0 Å². The molecule has 24 heavy (non-hydrogen) atoms. The van der Waals surface area contributed by atoms with Crippen LogP contribution in [0.2, 0.25) is 0 Å². The summed E-state index contributed by atoms with van der Waals surface area (Å²) in [5.41, 5.74) is 8.11. The number of anilines is 2. The van der Waals surface area contributed by atoms with Crippen molar-refractivity contribution in [2.75, 3.05) is 11.1 Å². The molecule has 0 aliphatic rings. The fourth-order valence-corrected chi connectivity index (χ4v) is 2.64. The Bertz CT molecular complexity index is 953. The number of nitrogens with one attached hydrogen (secondary N) is 2. The molecule has 0 radical (unpaired) electrons. The minimum absolute atomic E-state index is 0.196. The van der Waals surface area contributed by atoms with Crippen molar-refractivity contribution in [1.82, 2.24) is 4.98 Å². The van der Waals surface area contributed by atoms with Gasteiger partial charge < -0.3 is 15.5 Å². The lowest BCUT2D eigenvalue weighted by Gasteiger charge is -2.09. The average Bonchev–Trinajstić information content (AvgIpc) is 3.27. The molecule has 1 amide bonds. The lowest BCUT2D eigenvalue weighted by molar-refractivity contribution is 0.103. The Labute approximate surface area is 140 Å². The molecule has 3 aromatic rings. The number of nitrogens with two attached hydrogens (primary N) is 1. The number of nitrogens with zero attached hydrogens (tertiary/aromatic N) is 2. The Hall–Kier alpha value is -3.44. The molecular formula is C16H11N5O2S. The molecule has 1 aromatic carbocycles. The van der Waals surface area contributed by atoms with Crippen LogP contribution in [0.25, 0.3) is 0 Å². The van der Waals surface area contributed by atoms with Gasteiger partial charge in [-0.15, -0.1) is 0 Å². The number of hydrogen-bond acceptors (Lipinski definition) is 7. The van der Waals surface area contributed by atoms with Gasteiger partial charge in [0, 0.05) is 22.5 Å². The zero-order chi connectivity index (χ0) is 17.1. The van der Waals surface area contributed by atoms with Crippen molar-refractivity contribution in [1.29, 1.82) is 10.7 Å². The molecule has 0 saturated heterocycles. The van der Waals surface area contributed by atoms with E-state index in [4.69, 9.17) is 20.8 Å². The van der Waals surface area contributed by atoms with E-state index in [2.05, 4.69) is 10.3 Å². The Kier molecular flexibility index (Phi) is 4.09. The van der Waals surface area contributed by atoms with E-state index in [0.29, 0.717) is 27.4 Å². The quantitative estimate of drug-likeness (QED) is 0.498.